The first-order chi connectivity index (χ1) is 14.0. The summed E-state index contributed by atoms with van der Waals surface area (Å²) >= 11 is 0. The Labute approximate surface area is 173 Å². The topological polar surface area (TPSA) is 129 Å². The molecule has 2 aliphatic rings. The predicted molar refractivity (Wildman–Crippen MR) is 103 cm³/mol. The molecular weight excluding hydrogens is 396 g/mol. The van der Waals surface area contributed by atoms with Crippen LogP contribution in [0.15, 0.2) is 0 Å². The van der Waals surface area contributed by atoms with Gasteiger partial charge in [0.1, 0.15) is 28.2 Å². The summed E-state index contributed by atoms with van der Waals surface area (Å²) in [7, 11) is 2.61. The number of ketones is 1. The number of methoxy groups -OCH3 is 2. The molecule has 0 spiro atoms. The number of carbonyl (C=O) groups excluding carboxylic acids is 2. The number of hydrogen-bond donors (Lipinski definition) is 2. The van der Waals surface area contributed by atoms with E-state index in [2.05, 4.69) is 0 Å². The van der Waals surface area contributed by atoms with Crippen molar-refractivity contribution in [2.75, 3.05) is 14.2 Å². The van der Waals surface area contributed by atoms with Crippen LogP contribution in [0.3, 0.4) is 0 Å². The Bertz CT molecular complexity index is 953. The van der Waals surface area contributed by atoms with Crippen molar-refractivity contribution < 1.29 is 43.5 Å². The van der Waals surface area contributed by atoms with Crippen molar-refractivity contribution in [2.45, 2.75) is 58.3 Å². The fraction of sp³-hybridized carbons (Fsp3) is 0.571. The van der Waals surface area contributed by atoms with Gasteiger partial charge in [-0.15, -0.1) is 0 Å². The van der Waals surface area contributed by atoms with Crippen molar-refractivity contribution in [3.63, 3.8) is 0 Å². The van der Waals surface area contributed by atoms with Gasteiger partial charge >= 0.3 is 11.9 Å². The Balaban J connectivity index is 2.40. The molecule has 0 aromatic heterocycles. The maximum Gasteiger partial charge on any atom is 0.355 e. The van der Waals surface area contributed by atoms with E-state index in [4.69, 9.17) is 18.9 Å². The van der Waals surface area contributed by atoms with Crippen molar-refractivity contribution >= 4 is 17.7 Å². The molecule has 3 rings (SSSR count). The first-order valence-electron chi connectivity index (χ1n) is 9.62. The summed E-state index contributed by atoms with van der Waals surface area (Å²) in [5.41, 5.74) is -3.14. The second-order valence-electron chi connectivity index (χ2n) is 8.02. The van der Waals surface area contributed by atoms with Crippen LogP contribution in [0.1, 0.15) is 55.1 Å². The monoisotopic (exact) mass is 422 g/mol. The summed E-state index contributed by atoms with van der Waals surface area (Å²) in [5.74, 6) is -4.86. The number of cyclic esters (lactones) is 1. The van der Waals surface area contributed by atoms with Gasteiger partial charge < -0.3 is 29.2 Å². The van der Waals surface area contributed by atoms with Crippen LogP contribution >= 0.6 is 0 Å². The summed E-state index contributed by atoms with van der Waals surface area (Å²) < 4.78 is 22.4. The van der Waals surface area contributed by atoms with Gasteiger partial charge in [-0.2, -0.15) is 0 Å². The number of phenolic OH excluding ortho intramolecular Hbond substituents is 1. The molecule has 2 N–H and O–H groups in total. The zero-order chi connectivity index (χ0) is 22.6. The van der Waals surface area contributed by atoms with Crippen molar-refractivity contribution in [3.05, 3.63) is 16.7 Å². The molecule has 1 saturated heterocycles. The van der Waals surface area contributed by atoms with E-state index in [0.29, 0.717) is 17.5 Å². The lowest BCUT2D eigenvalue weighted by atomic mass is 9.69. The number of ether oxygens (including phenoxy) is 4. The fourth-order valence-electron chi connectivity index (χ4n) is 4.61. The molecule has 0 amide bonds. The first-order valence-corrected chi connectivity index (χ1v) is 9.62. The molecule has 0 bridgehead atoms. The van der Waals surface area contributed by atoms with Crippen LogP contribution in [0.4, 0.5) is 0 Å². The molecule has 1 aromatic carbocycles. The van der Waals surface area contributed by atoms with Crippen LogP contribution in [-0.4, -0.2) is 53.5 Å². The highest BCUT2D eigenvalue weighted by atomic mass is 16.7. The minimum Gasteiger partial charge on any atom is -0.507 e. The summed E-state index contributed by atoms with van der Waals surface area (Å²) in [6.07, 6.45) is 0.590. The number of fused-ring (bicyclic) bond motifs is 2. The molecular formula is C21H26O9. The van der Waals surface area contributed by atoms with Gasteiger partial charge in [0.15, 0.2) is 5.78 Å². The average Bonchev–Trinajstić information content (AvgIpc) is 2.86. The molecule has 3 atom stereocenters. The van der Waals surface area contributed by atoms with Crippen molar-refractivity contribution in [1.29, 1.82) is 0 Å². The van der Waals surface area contributed by atoms with Gasteiger partial charge in [-0.25, -0.2) is 4.79 Å². The lowest BCUT2D eigenvalue weighted by Crippen LogP contribution is -2.67. The molecule has 0 aliphatic carbocycles. The number of phenols is 1. The second kappa shape index (κ2) is 6.87. The average molecular weight is 422 g/mol. The third kappa shape index (κ3) is 2.41. The maximum absolute atomic E-state index is 12.9. The normalized spacial score (nSPS) is 29.5. The van der Waals surface area contributed by atoms with E-state index in [1.54, 1.807) is 6.92 Å². The highest BCUT2D eigenvalue weighted by Gasteiger charge is 2.79. The van der Waals surface area contributed by atoms with Crippen molar-refractivity contribution in [2.24, 2.45) is 5.41 Å². The first kappa shape index (κ1) is 21.9. The Morgan fingerprint density at radius 2 is 1.83 bits per heavy atom. The third-order valence-electron chi connectivity index (χ3n) is 6.24. The third-order valence-corrected chi connectivity index (χ3v) is 6.24. The van der Waals surface area contributed by atoms with E-state index >= 15 is 0 Å². The van der Waals surface area contributed by atoms with Crippen LogP contribution in [0.2, 0.25) is 0 Å². The number of carboxylic acid groups (broad SMARTS) is 1. The number of aliphatic carboxylic acids is 1. The molecule has 0 unspecified atom stereocenters. The minimum absolute atomic E-state index is 0.0569. The summed E-state index contributed by atoms with van der Waals surface area (Å²) in [6.45, 7) is 6.08. The Kier molecular flexibility index (Phi) is 5.01. The van der Waals surface area contributed by atoms with Gasteiger partial charge in [0.05, 0.1) is 7.11 Å². The van der Waals surface area contributed by atoms with Gasteiger partial charge in [0.2, 0.25) is 0 Å². The second-order valence-corrected chi connectivity index (χ2v) is 8.02. The highest BCUT2D eigenvalue weighted by Crippen LogP contribution is 2.60. The van der Waals surface area contributed by atoms with Gasteiger partial charge in [-0.3, -0.25) is 9.59 Å². The van der Waals surface area contributed by atoms with E-state index in [0.717, 1.165) is 0 Å². The Morgan fingerprint density at radius 3 is 2.33 bits per heavy atom. The maximum atomic E-state index is 12.9. The number of carbonyl (C=O) groups is 3. The zero-order valence-electron chi connectivity index (χ0n) is 17.9. The number of aromatic hydroxyl groups is 1. The standard InChI is InChI=1S/C21H26O9/c1-7-8-12(22)13-14(23)10(2)15(27-5)11-9-19(3)18(26)30-20(4,17(24)25)21(19,28-6)29-16(11)13/h23H,7-9H2,1-6H3,(H,24,25)/t19-,20-,21-/m0/s1. The summed E-state index contributed by atoms with van der Waals surface area (Å²) in [4.78, 5) is 37.9. The molecule has 164 valence electrons. The smallest absolute Gasteiger partial charge is 0.355 e. The number of esters is 1. The van der Waals surface area contributed by atoms with Crippen LogP contribution in [0.5, 0.6) is 17.2 Å². The number of rotatable bonds is 6. The molecule has 2 heterocycles. The van der Waals surface area contributed by atoms with Crippen LogP contribution < -0.4 is 9.47 Å². The lowest BCUT2D eigenvalue weighted by Gasteiger charge is -2.47. The van der Waals surface area contributed by atoms with E-state index in [9.17, 15) is 24.6 Å². The summed E-state index contributed by atoms with van der Waals surface area (Å²) in [5, 5.41) is 20.7. The number of Topliss-reactive ketones (excluding diaryl/α,β-unsaturated/α-hetero) is 1. The number of hydrogen-bond acceptors (Lipinski definition) is 8. The van der Waals surface area contributed by atoms with Crippen LogP contribution in [-0.2, 0) is 25.5 Å². The number of carboxylic acids is 1. The van der Waals surface area contributed by atoms with Gasteiger partial charge in [0, 0.05) is 31.1 Å². The SMILES string of the molecule is CCCC(=O)c1c(O)c(C)c(OC)c2c1O[C@@]1(OC)[C@@](C)(C2)C(=O)O[C@@]1(C)C(=O)O. The quantitative estimate of drug-likeness (QED) is 0.524. The predicted octanol–water partition coefficient (Wildman–Crippen LogP) is 2.38. The van der Waals surface area contributed by atoms with Crippen molar-refractivity contribution in [1.82, 2.24) is 0 Å². The fourth-order valence-corrected chi connectivity index (χ4v) is 4.61. The lowest BCUT2D eigenvalue weighted by molar-refractivity contribution is -0.274. The summed E-state index contributed by atoms with van der Waals surface area (Å²) in [6, 6.07) is 0. The zero-order valence-corrected chi connectivity index (χ0v) is 17.9. The van der Waals surface area contributed by atoms with Crippen LogP contribution in [0, 0.1) is 12.3 Å². The molecule has 2 aliphatic heterocycles. The highest BCUT2D eigenvalue weighted by molar-refractivity contribution is 6.03. The molecule has 0 radical (unpaired) electrons. The van der Waals surface area contributed by atoms with Gasteiger partial charge in [-0.1, -0.05) is 6.92 Å². The molecule has 9 heteroatoms. The van der Waals surface area contributed by atoms with Crippen LogP contribution in [0.25, 0.3) is 0 Å². The largest absolute Gasteiger partial charge is 0.507 e. The van der Waals surface area contributed by atoms with E-state index < -0.39 is 28.7 Å². The Morgan fingerprint density at radius 1 is 1.20 bits per heavy atom. The van der Waals surface area contributed by atoms with E-state index in [1.165, 1.54) is 28.1 Å². The molecule has 1 fully saturated rings. The number of benzene rings is 1. The molecule has 9 nitrogen and oxygen atoms in total. The molecule has 0 saturated carbocycles. The Hall–Kier alpha value is -2.81. The van der Waals surface area contributed by atoms with Gasteiger partial charge in [0.25, 0.3) is 11.4 Å². The van der Waals surface area contributed by atoms with Gasteiger partial charge in [-0.05, 0) is 27.2 Å². The van der Waals surface area contributed by atoms with E-state index in [-0.39, 0.29) is 41.4 Å². The van der Waals surface area contributed by atoms with Crippen molar-refractivity contribution in [3.8, 4) is 17.2 Å². The minimum atomic E-state index is -2.19. The molecule has 30 heavy (non-hydrogen) atoms. The van der Waals surface area contributed by atoms with E-state index in [1.807, 2.05) is 6.92 Å². The molecule has 1 aromatic rings.